The minimum Gasteiger partial charge on any atom is -0.383 e. The zero-order valence-corrected chi connectivity index (χ0v) is 13.1. The van der Waals surface area contributed by atoms with Crippen LogP contribution in [0.15, 0.2) is 22.9 Å². The van der Waals surface area contributed by atoms with Gasteiger partial charge in [0.1, 0.15) is 10.7 Å². The van der Waals surface area contributed by atoms with E-state index in [2.05, 4.69) is 15.6 Å². The van der Waals surface area contributed by atoms with Crippen LogP contribution in [0.1, 0.15) is 10.5 Å². The number of methoxy groups -OCH3 is 1. The average molecular weight is 325 g/mol. The number of carbonyl (C=O) groups is 2. The second-order valence-corrected chi connectivity index (χ2v) is 5.85. The first-order valence-electron chi connectivity index (χ1n) is 6.24. The number of nitrogens with one attached hydrogen (secondary N) is 2. The third-order valence-corrected chi connectivity index (χ3v) is 4.39. The molecule has 0 aliphatic rings. The van der Waals surface area contributed by atoms with Crippen LogP contribution in [0.25, 0.3) is 9.88 Å². The van der Waals surface area contributed by atoms with E-state index in [9.17, 15) is 9.59 Å². The topological polar surface area (TPSA) is 80.3 Å². The van der Waals surface area contributed by atoms with Crippen LogP contribution in [0.2, 0.25) is 0 Å². The molecule has 6 nitrogen and oxygen atoms in total. The first kappa shape index (κ1) is 15.6. The Labute approximate surface area is 130 Å². The second-order valence-electron chi connectivity index (χ2n) is 4.04. The first-order valence-corrected chi connectivity index (χ1v) is 8.00. The van der Waals surface area contributed by atoms with Crippen LogP contribution in [0.4, 0.5) is 0 Å². The maximum atomic E-state index is 11.9. The zero-order chi connectivity index (χ0) is 15.1. The molecule has 0 saturated carbocycles. The van der Waals surface area contributed by atoms with Crippen molar-refractivity contribution in [1.82, 2.24) is 15.6 Å². The fourth-order valence-corrected chi connectivity index (χ4v) is 3.11. The molecule has 21 heavy (non-hydrogen) atoms. The van der Waals surface area contributed by atoms with Crippen molar-refractivity contribution in [1.29, 1.82) is 0 Å². The van der Waals surface area contributed by atoms with Gasteiger partial charge in [-0.2, -0.15) is 0 Å². The summed E-state index contributed by atoms with van der Waals surface area (Å²) < 4.78 is 4.82. The monoisotopic (exact) mass is 325 g/mol. The van der Waals surface area contributed by atoms with Crippen LogP contribution in [-0.4, -0.2) is 43.6 Å². The number of nitrogens with zero attached hydrogens (tertiary/aromatic N) is 1. The van der Waals surface area contributed by atoms with E-state index < -0.39 is 0 Å². The van der Waals surface area contributed by atoms with Crippen molar-refractivity contribution in [3.8, 4) is 9.88 Å². The van der Waals surface area contributed by atoms with E-state index in [0.29, 0.717) is 18.8 Å². The van der Waals surface area contributed by atoms with Crippen molar-refractivity contribution in [2.45, 2.75) is 0 Å². The number of ether oxygens (including phenoxy) is 1. The standard InChI is InChI=1S/C13H15N3O3S2/c1-19-5-4-14-11(17)7-15-12(18)9-8-21-13(16-9)10-3-2-6-20-10/h2-3,6,8H,4-5,7H2,1H3,(H,14,17)(H,15,18). The number of thiazole rings is 1. The zero-order valence-electron chi connectivity index (χ0n) is 11.4. The minimum absolute atomic E-state index is 0.0750. The molecule has 2 N–H and O–H groups in total. The molecule has 0 saturated heterocycles. The highest BCUT2D eigenvalue weighted by molar-refractivity contribution is 7.20. The number of thiophene rings is 1. The Morgan fingerprint density at radius 1 is 1.33 bits per heavy atom. The van der Waals surface area contributed by atoms with Crippen LogP contribution in [0.5, 0.6) is 0 Å². The molecule has 0 aromatic carbocycles. The van der Waals surface area contributed by atoms with Gasteiger partial charge in [-0.15, -0.1) is 22.7 Å². The van der Waals surface area contributed by atoms with E-state index in [1.54, 1.807) is 23.8 Å². The fraction of sp³-hybridized carbons (Fsp3) is 0.308. The lowest BCUT2D eigenvalue weighted by Crippen LogP contribution is -2.38. The Morgan fingerprint density at radius 3 is 2.90 bits per heavy atom. The first-order chi connectivity index (χ1) is 10.2. The molecule has 112 valence electrons. The van der Waals surface area contributed by atoms with Crippen LogP contribution < -0.4 is 10.6 Å². The molecule has 8 heteroatoms. The van der Waals surface area contributed by atoms with Gasteiger partial charge in [-0.1, -0.05) is 6.07 Å². The van der Waals surface area contributed by atoms with E-state index >= 15 is 0 Å². The lowest BCUT2D eigenvalue weighted by Gasteiger charge is -2.05. The molecule has 2 rings (SSSR count). The summed E-state index contributed by atoms with van der Waals surface area (Å²) in [5.41, 5.74) is 0.327. The predicted octanol–water partition coefficient (Wildman–Crippen LogP) is 1.36. The molecule has 0 spiro atoms. The third-order valence-electron chi connectivity index (χ3n) is 2.51. The van der Waals surface area contributed by atoms with Crippen LogP contribution in [-0.2, 0) is 9.53 Å². The van der Waals surface area contributed by atoms with Gasteiger partial charge in [0, 0.05) is 19.0 Å². The molecule has 2 aromatic heterocycles. The van der Waals surface area contributed by atoms with Crippen LogP contribution >= 0.6 is 22.7 Å². The lowest BCUT2D eigenvalue weighted by molar-refractivity contribution is -0.120. The smallest absolute Gasteiger partial charge is 0.271 e. The fourth-order valence-electron chi connectivity index (χ4n) is 1.50. The number of aromatic nitrogens is 1. The van der Waals surface area contributed by atoms with Crippen molar-refractivity contribution in [2.24, 2.45) is 0 Å². The molecule has 0 fully saturated rings. The van der Waals surface area contributed by atoms with Gasteiger partial charge in [0.2, 0.25) is 5.91 Å². The quantitative estimate of drug-likeness (QED) is 0.753. The van der Waals surface area contributed by atoms with Gasteiger partial charge >= 0.3 is 0 Å². The molecule has 0 atom stereocenters. The van der Waals surface area contributed by atoms with Crippen molar-refractivity contribution in [2.75, 3.05) is 26.8 Å². The maximum Gasteiger partial charge on any atom is 0.271 e. The summed E-state index contributed by atoms with van der Waals surface area (Å²) in [7, 11) is 1.56. The van der Waals surface area contributed by atoms with E-state index in [1.165, 1.54) is 11.3 Å². The third kappa shape index (κ3) is 4.62. The van der Waals surface area contributed by atoms with E-state index in [-0.39, 0.29) is 18.4 Å². The van der Waals surface area contributed by atoms with Crippen molar-refractivity contribution in [3.63, 3.8) is 0 Å². The van der Waals surface area contributed by atoms with Gasteiger partial charge < -0.3 is 15.4 Å². The van der Waals surface area contributed by atoms with Gasteiger partial charge in [-0.25, -0.2) is 4.98 Å². The molecular formula is C13H15N3O3S2. The van der Waals surface area contributed by atoms with Gasteiger partial charge in [0.25, 0.3) is 5.91 Å². The molecule has 2 heterocycles. The molecular weight excluding hydrogens is 310 g/mol. The number of carbonyl (C=O) groups excluding carboxylic acids is 2. The summed E-state index contributed by atoms with van der Waals surface area (Å²) in [5, 5.41) is 9.62. The summed E-state index contributed by atoms with van der Waals surface area (Å²) in [4.78, 5) is 28.6. The molecule has 0 unspecified atom stereocenters. The van der Waals surface area contributed by atoms with Gasteiger partial charge in [-0.3, -0.25) is 9.59 Å². The Kier molecular flexibility index (Phi) is 5.85. The molecule has 2 amide bonds. The van der Waals surface area contributed by atoms with Crippen molar-refractivity contribution >= 4 is 34.5 Å². The minimum atomic E-state index is -0.351. The Balaban J connectivity index is 1.82. The normalized spacial score (nSPS) is 10.3. The van der Waals surface area contributed by atoms with Crippen molar-refractivity contribution in [3.05, 3.63) is 28.6 Å². The number of hydrogen-bond acceptors (Lipinski definition) is 6. The van der Waals surface area contributed by atoms with Gasteiger partial charge in [0.15, 0.2) is 0 Å². The average Bonchev–Trinajstić information content (AvgIpc) is 3.15. The Hall–Kier alpha value is -1.77. The summed E-state index contributed by atoms with van der Waals surface area (Å²) in [6, 6.07) is 3.89. The van der Waals surface area contributed by atoms with E-state index in [4.69, 9.17) is 4.74 Å². The van der Waals surface area contributed by atoms with Gasteiger partial charge in [0.05, 0.1) is 18.0 Å². The van der Waals surface area contributed by atoms with Gasteiger partial charge in [-0.05, 0) is 11.4 Å². The van der Waals surface area contributed by atoms with Crippen LogP contribution in [0.3, 0.4) is 0 Å². The maximum absolute atomic E-state index is 11.9. The summed E-state index contributed by atoms with van der Waals surface area (Å²) in [5.74, 6) is -0.606. The Bertz CT molecular complexity index is 596. The number of rotatable bonds is 7. The number of hydrogen-bond donors (Lipinski definition) is 2. The molecule has 0 aliphatic heterocycles. The SMILES string of the molecule is COCCNC(=O)CNC(=O)c1csc(-c2cccs2)n1. The summed E-state index contributed by atoms with van der Waals surface area (Å²) in [6.07, 6.45) is 0. The second kappa shape index (κ2) is 7.87. The number of amides is 2. The lowest BCUT2D eigenvalue weighted by atomic mass is 10.4. The molecule has 2 aromatic rings. The highest BCUT2D eigenvalue weighted by Gasteiger charge is 2.13. The molecule has 0 aliphatic carbocycles. The van der Waals surface area contributed by atoms with Crippen molar-refractivity contribution < 1.29 is 14.3 Å². The Morgan fingerprint density at radius 2 is 2.19 bits per heavy atom. The highest BCUT2D eigenvalue weighted by atomic mass is 32.1. The highest BCUT2D eigenvalue weighted by Crippen LogP contribution is 2.27. The largest absolute Gasteiger partial charge is 0.383 e. The summed E-state index contributed by atoms with van der Waals surface area (Å²) in [6.45, 7) is 0.786. The van der Waals surface area contributed by atoms with Crippen LogP contribution in [0, 0.1) is 0 Å². The predicted molar refractivity (Wildman–Crippen MR) is 82.6 cm³/mol. The summed E-state index contributed by atoms with van der Waals surface area (Å²) >= 11 is 2.98. The molecule has 0 bridgehead atoms. The van der Waals surface area contributed by atoms with E-state index in [0.717, 1.165) is 9.88 Å². The molecule has 0 radical (unpaired) electrons. The van der Waals surface area contributed by atoms with E-state index in [1.807, 2.05) is 17.5 Å².